The Hall–Kier alpha value is -2.90. The number of amides is 3. The van der Waals surface area contributed by atoms with Gasteiger partial charge in [-0.25, -0.2) is 9.80 Å². The highest BCUT2D eigenvalue weighted by molar-refractivity contribution is 5.94. The van der Waals surface area contributed by atoms with Crippen LogP contribution in [0.25, 0.3) is 0 Å². The number of aryl methyl sites for hydroxylation is 1. The van der Waals surface area contributed by atoms with Gasteiger partial charge in [-0.1, -0.05) is 30.3 Å². The van der Waals surface area contributed by atoms with E-state index in [1.165, 1.54) is 10.0 Å². The SMILES string of the molecule is CC(C)(C)OC(=O)C1CCCN2C(=O)CC[C@H](NC(=O)CCc3ccccc3)C(=O)N12. The predicted molar refractivity (Wildman–Crippen MR) is 113 cm³/mol. The van der Waals surface area contributed by atoms with Gasteiger partial charge >= 0.3 is 5.97 Å². The summed E-state index contributed by atoms with van der Waals surface area (Å²) in [6.07, 6.45) is 2.16. The second kappa shape index (κ2) is 9.49. The lowest BCUT2D eigenvalue weighted by molar-refractivity contribution is -0.187. The molecule has 2 aliphatic heterocycles. The van der Waals surface area contributed by atoms with Crippen molar-refractivity contribution in [2.75, 3.05) is 6.54 Å². The van der Waals surface area contributed by atoms with Crippen molar-refractivity contribution in [3.8, 4) is 0 Å². The van der Waals surface area contributed by atoms with Crippen molar-refractivity contribution in [2.45, 2.75) is 77.0 Å². The van der Waals surface area contributed by atoms with E-state index in [-0.39, 0.29) is 31.1 Å². The van der Waals surface area contributed by atoms with Crippen molar-refractivity contribution in [3.05, 3.63) is 35.9 Å². The first-order chi connectivity index (χ1) is 14.7. The van der Waals surface area contributed by atoms with Crippen LogP contribution in [0.1, 0.15) is 58.4 Å². The molecule has 1 aromatic rings. The lowest BCUT2D eigenvalue weighted by Gasteiger charge is -2.43. The highest BCUT2D eigenvalue weighted by atomic mass is 16.6. The molecule has 3 amide bonds. The molecule has 0 aromatic heterocycles. The standard InChI is InChI=1S/C23H31N3O5/c1-23(2,3)31-22(30)18-10-7-15-25-20(28)14-12-17(21(29)26(18)25)24-19(27)13-11-16-8-5-4-6-9-16/h4-6,8-9,17-18H,7,10-15H2,1-3H3,(H,24,27)/t17-,18?/m0/s1. The summed E-state index contributed by atoms with van der Waals surface area (Å²) in [4.78, 5) is 51.3. The average molecular weight is 430 g/mol. The molecule has 8 heteroatoms. The van der Waals surface area contributed by atoms with Crippen LogP contribution < -0.4 is 5.32 Å². The van der Waals surface area contributed by atoms with Crippen LogP contribution in [-0.4, -0.2) is 57.9 Å². The molecule has 2 aliphatic rings. The molecule has 2 saturated heterocycles. The lowest BCUT2D eigenvalue weighted by atomic mass is 10.1. The minimum atomic E-state index is -0.869. The van der Waals surface area contributed by atoms with Crippen LogP contribution in [0.5, 0.6) is 0 Å². The molecular formula is C23H31N3O5. The van der Waals surface area contributed by atoms with Crippen LogP contribution in [-0.2, 0) is 30.3 Å². The third kappa shape index (κ3) is 5.83. The molecule has 1 aromatic carbocycles. The maximum atomic E-state index is 13.3. The van der Waals surface area contributed by atoms with Gasteiger partial charge in [0, 0.05) is 19.4 Å². The minimum Gasteiger partial charge on any atom is -0.458 e. The number of carbonyl (C=O) groups is 4. The molecule has 0 radical (unpaired) electrons. The zero-order valence-corrected chi connectivity index (χ0v) is 18.4. The summed E-state index contributed by atoms with van der Waals surface area (Å²) in [5.74, 6) is -1.44. The van der Waals surface area contributed by atoms with Crippen LogP contribution >= 0.6 is 0 Å². The second-order valence-electron chi connectivity index (χ2n) is 9.04. The van der Waals surface area contributed by atoms with Crippen LogP contribution in [0.3, 0.4) is 0 Å². The van der Waals surface area contributed by atoms with Gasteiger partial charge in [0.1, 0.15) is 11.6 Å². The third-order valence-corrected chi connectivity index (χ3v) is 5.36. The van der Waals surface area contributed by atoms with Crippen molar-refractivity contribution in [1.29, 1.82) is 0 Å². The highest BCUT2D eigenvalue weighted by Gasteiger charge is 2.45. The number of ether oxygens (including phenoxy) is 1. The van der Waals surface area contributed by atoms with E-state index in [0.717, 1.165) is 5.56 Å². The fourth-order valence-electron chi connectivity index (χ4n) is 3.92. The van der Waals surface area contributed by atoms with Crippen LogP contribution in [0.2, 0.25) is 0 Å². The maximum absolute atomic E-state index is 13.3. The third-order valence-electron chi connectivity index (χ3n) is 5.36. The Morgan fingerprint density at radius 3 is 2.52 bits per heavy atom. The zero-order valence-electron chi connectivity index (χ0n) is 18.4. The monoisotopic (exact) mass is 429 g/mol. The molecule has 168 valence electrons. The Morgan fingerprint density at radius 1 is 1.13 bits per heavy atom. The Morgan fingerprint density at radius 2 is 1.84 bits per heavy atom. The fraction of sp³-hybridized carbons (Fsp3) is 0.565. The molecule has 1 N–H and O–H groups in total. The first kappa shape index (κ1) is 22.8. The van der Waals surface area contributed by atoms with Gasteiger partial charge in [-0.2, -0.15) is 0 Å². The molecule has 0 saturated carbocycles. The zero-order chi connectivity index (χ0) is 22.6. The molecule has 3 rings (SSSR count). The van der Waals surface area contributed by atoms with E-state index in [1.54, 1.807) is 20.8 Å². The lowest BCUT2D eigenvalue weighted by Crippen LogP contribution is -2.62. The topological polar surface area (TPSA) is 96.0 Å². The Kier molecular flexibility index (Phi) is 6.97. The van der Waals surface area contributed by atoms with Gasteiger partial charge in [-0.15, -0.1) is 0 Å². The van der Waals surface area contributed by atoms with Crippen LogP contribution in [0, 0.1) is 0 Å². The summed E-state index contributed by atoms with van der Waals surface area (Å²) >= 11 is 0. The summed E-state index contributed by atoms with van der Waals surface area (Å²) in [7, 11) is 0. The molecule has 8 nitrogen and oxygen atoms in total. The second-order valence-corrected chi connectivity index (χ2v) is 9.04. The number of hydrogen-bond acceptors (Lipinski definition) is 5. The first-order valence-corrected chi connectivity index (χ1v) is 10.9. The molecule has 0 aliphatic carbocycles. The highest BCUT2D eigenvalue weighted by Crippen LogP contribution is 2.26. The van der Waals surface area contributed by atoms with E-state index in [4.69, 9.17) is 4.74 Å². The Bertz CT molecular complexity index is 833. The van der Waals surface area contributed by atoms with Gasteiger partial charge < -0.3 is 10.1 Å². The molecule has 0 spiro atoms. The molecule has 0 bridgehead atoms. The van der Waals surface area contributed by atoms with Crippen molar-refractivity contribution >= 4 is 23.7 Å². The molecular weight excluding hydrogens is 398 g/mol. The van der Waals surface area contributed by atoms with Crippen molar-refractivity contribution < 1.29 is 23.9 Å². The molecule has 2 fully saturated rings. The Balaban J connectivity index is 1.71. The smallest absolute Gasteiger partial charge is 0.331 e. The number of benzene rings is 1. The van der Waals surface area contributed by atoms with Gasteiger partial charge in [-0.3, -0.25) is 19.4 Å². The summed E-state index contributed by atoms with van der Waals surface area (Å²) in [5.41, 5.74) is 0.329. The number of nitrogens with zero attached hydrogens (tertiary/aromatic N) is 2. The maximum Gasteiger partial charge on any atom is 0.331 e. The van der Waals surface area contributed by atoms with Crippen molar-refractivity contribution in [1.82, 2.24) is 15.3 Å². The van der Waals surface area contributed by atoms with E-state index in [1.807, 2.05) is 30.3 Å². The van der Waals surface area contributed by atoms with Crippen molar-refractivity contribution in [2.24, 2.45) is 0 Å². The average Bonchev–Trinajstić information content (AvgIpc) is 2.84. The molecule has 1 unspecified atom stereocenters. The van der Waals surface area contributed by atoms with Gasteiger partial charge in [0.15, 0.2) is 6.04 Å². The fourth-order valence-corrected chi connectivity index (χ4v) is 3.92. The number of esters is 1. The largest absolute Gasteiger partial charge is 0.458 e. The van der Waals surface area contributed by atoms with E-state index >= 15 is 0 Å². The van der Waals surface area contributed by atoms with E-state index < -0.39 is 29.6 Å². The van der Waals surface area contributed by atoms with Gasteiger partial charge in [0.25, 0.3) is 5.91 Å². The number of rotatable bonds is 5. The summed E-state index contributed by atoms with van der Waals surface area (Å²) < 4.78 is 5.50. The van der Waals surface area contributed by atoms with Gasteiger partial charge in [0.2, 0.25) is 11.8 Å². The number of nitrogens with one attached hydrogen (secondary N) is 1. The minimum absolute atomic E-state index is 0.132. The summed E-state index contributed by atoms with van der Waals surface area (Å²) in [5, 5.41) is 5.37. The van der Waals surface area contributed by atoms with Crippen LogP contribution in [0.15, 0.2) is 30.3 Å². The number of fused-ring (bicyclic) bond motifs is 1. The predicted octanol–water partition coefficient (Wildman–Crippen LogP) is 1.97. The molecule has 2 atom stereocenters. The van der Waals surface area contributed by atoms with Crippen LogP contribution in [0.4, 0.5) is 0 Å². The first-order valence-electron chi connectivity index (χ1n) is 10.9. The molecule has 31 heavy (non-hydrogen) atoms. The number of hydrazine groups is 1. The molecule has 2 heterocycles. The summed E-state index contributed by atoms with van der Waals surface area (Å²) in [6, 6.07) is 7.91. The number of carbonyl (C=O) groups excluding carboxylic acids is 4. The van der Waals surface area contributed by atoms with Gasteiger partial charge in [-0.05, 0) is 52.0 Å². The van der Waals surface area contributed by atoms with E-state index in [0.29, 0.717) is 25.8 Å². The quantitative estimate of drug-likeness (QED) is 0.722. The number of hydrogen-bond donors (Lipinski definition) is 1. The van der Waals surface area contributed by atoms with Crippen molar-refractivity contribution in [3.63, 3.8) is 0 Å². The van der Waals surface area contributed by atoms with E-state index in [2.05, 4.69) is 5.32 Å². The summed E-state index contributed by atoms with van der Waals surface area (Å²) in [6.45, 7) is 5.66. The van der Waals surface area contributed by atoms with Gasteiger partial charge in [0.05, 0.1) is 0 Å². The Labute approximate surface area is 182 Å². The normalized spacial score (nSPS) is 21.9. The van der Waals surface area contributed by atoms with E-state index in [9.17, 15) is 19.2 Å².